The van der Waals surface area contributed by atoms with Crippen molar-refractivity contribution in [1.82, 2.24) is 19.7 Å². The van der Waals surface area contributed by atoms with E-state index in [1.54, 1.807) is 40.0 Å². The first kappa shape index (κ1) is 18.9. The lowest BCUT2D eigenvalue weighted by Crippen LogP contribution is -2.30. The number of hydrogen-bond donors (Lipinski definition) is 0. The van der Waals surface area contributed by atoms with E-state index in [-0.39, 0.29) is 17.9 Å². The van der Waals surface area contributed by atoms with Gasteiger partial charge in [0.25, 0.3) is 5.91 Å². The standard InChI is InChI=1S/C22H23N5O2/c1-16(17-5-11-20(12-6-17)27-15-23-14-24-27)25(2)22(29)18-7-9-19(10-8-18)26-13-3-4-21(26)28/h5-12,14-16H,3-4,13H2,1-2H3. The third-order valence-electron chi connectivity index (χ3n) is 5.46. The molecule has 0 N–H and O–H groups in total. The van der Waals surface area contributed by atoms with Crippen LogP contribution in [0.1, 0.15) is 41.7 Å². The molecule has 7 heteroatoms. The third-order valence-corrected chi connectivity index (χ3v) is 5.46. The van der Waals surface area contributed by atoms with E-state index in [1.807, 2.05) is 43.3 Å². The van der Waals surface area contributed by atoms with Gasteiger partial charge in [-0.05, 0) is 55.3 Å². The summed E-state index contributed by atoms with van der Waals surface area (Å²) in [4.78, 5) is 32.3. The van der Waals surface area contributed by atoms with E-state index >= 15 is 0 Å². The van der Waals surface area contributed by atoms with Crippen LogP contribution in [0, 0.1) is 0 Å². The van der Waals surface area contributed by atoms with Gasteiger partial charge in [0.1, 0.15) is 12.7 Å². The van der Waals surface area contributed by atoms with Crippen LogP contribution in [0.2, 0.25) is 0 Å². The predicted octanol–water partition coefficient (Wildman–Crippen LogP) is 3.23. The molecule has 1 saturated heterocycles. The fraction of sp³-hybridized carbons (Fsp3) is 0.273. The maximum atomic E-state index is 12.9. The lowest BCUT2D eigenvalue weighted by atomic mass is 10.1. The fourth-order valence-electron chi connectivity index (χ4n) is 3.56. The minimum atomic E-state index is -0.0906. The Morgan fingerprint density at radius 3 is 2.34 bits per heavy atom. The first-order chi connectivity index (χ1) is 14.0. The summed E-state index contributed by atoms with van der Waals surface area (Å²) in [5, 5.41) is 4.12. The quantitative estimate of drug-likeness (QED) is 0.672. The van der Waals surface area contributed by atoms with E-state index in [9.17, 15) is 9.59 Å². The van der Waals surface area contributed by atoms with Gasteiger partial charge in [0.2, 0.25) is 5.91 Å². The van der Waals surface area contributed by atoms with Crippen LogP contribution in [0.5, 0.6) is 0 Å². The second kappa shape index (κ2) is 7.87. The van der Waals surface area contributed by atoms with Crippen molar-refractivity contribution in [1.29, 1.82) is 0 Å². The summed E-state index contributed by atoms with van der Waals surface area (Å²) in [5.41, 5.74) is 3.40. The third kappa shape index (κ3) is 3.76. The average molecular weight is 389 g/mol. The SMILES string of the molecule is CC(c1ccc(-n2cncn2)cc1)N(C)C(=O)c1ccc(N2CCCC2=O)cc1. The Kier molecular flexibility index (Phi) is 5.12. The Labute approximate surface area is 169 Å². The van der Waals surface area contributed by atoms with Gasteiger partial charge in [0, 0.05) is 31.3 Å². The Bertz CT molecular complexity index is 997. The predicted molar refractivity (Wildman–Crippen MR) is 110 cm³/mol. The molecule has 1 unspecified atom stereocenters. The molecule has 0 radical (unpaired) electrons. The van der Waals surface area contributed by atoms with Crippen LogP contribution in [-0.2, 0) is 4.79 Å². The van der Waals surface area contributed by atoms with Crippen LogP contribution in [0.25, 0.3) is 5.69 Å². The van der Waals surface area contributed by atoms with E-state index in [2.05, 4.69) is 10.1 Å². The van der Waals surface area contributed by atoms with Crippen molar-refractivity contribution in [3.8, 4) is 5.69 Å². The highest BCUT2D eigenvalue weighted by Gasteiger charge is 2.23. The number of carbonyl (C=O) groups is 2. The molecule has 1 aromatic heterocycles. The molecular formula is C22H23N5O2. The Morgan fingerprint density at radius 1 is 1.07 bits per heavy atom. The molecule has 2 amide bonds. The lowest BCUT2D eigenvalue weighted by Gasteiger charge is -2.26. The molecule has 2 aromatic carbocycles. The number of nitrogens with zero attached hydrogens (tertiary/aromatic N) is 5. The first-order valence-electron chi connectivity index (χ1n) is 9.67. The average Bonchev–Trinajstić information content (AvgIpc) is 3.44. The van der Waals surface area contributed by atoms with Crippen LogP contribution in [0.4, 0.5) is 5.69 Å². The van der Waals surface area contributed by atoms with Gasteiger partial charge in [-0.25, -0.2) is 9.67 Å². The van der Waals surface area contributed by atoms with Crippen molar-refractivity contribution in [2.45, 2.75) is 25.8 Å². The number of carbonyl (C=O) groups excluding carboxylic acids is 2. The molecule has 0 spiro atoms. The second-order valence-corrected chi connectivity index (χ2v) is 7.22. The fourth-order valence-corrected chi connectivity index (χ4v) is 3.56. The number of amides is 2. The second-order valence-electron chi connectivity index (χ2n) is 7.22. The van der Waals surface area contributed by atoms with Crippen molar-refractivity contribution in [3.05, 3.63) is 72.3 Å². The highest BCUT2D eigenvalue weighted by atomic mass is 16.2. The largest absolute Gasteiger partial charge is 0.335 e. The van der Waals surface area contributed by atoms with E-state index in [0.29, 0.717) is 12.0 Å². The van der Waals surface area contributed by atoms with E-state index in [0.717, 1.165) is 29.9 Å². The summed E-state index contributed by atoms with van der Waals surface area (Å²) >= 11 is 0. The molecule has 0 bridgehead atoms. The van der Waals surface area contributed by atoms with Gasteiger partial charge < -0.3 is 9.80 Å². The molecule has 7 nitrogen and oxygen atoms in total. The highest BCUT2D eigenvalue weighted by molar-refractivity contribution is 5.97. The van der Waals surface area contributed by atoms with E-state index in [1.165, 1.54) is 6.33 Å². The Balaban J connectivity index is 1.46. The summed E-state index contributed by atoms with van der Waals surface area (Å²) in [6.07, 6.45) is 4.62. The normalized spacial score (nSPS) is 14.8. The van der Waals surface area contributed by atoms with Crippen molar-refractivity contribution < 1.29 is 9.59 Å². The van der Waals surface area contributed by atoms with Crippen LogP contribution < -0.4 is 4.90 Å². The molecule has 0 saturated carbocycles. The minimum absolute atomic E-state index is 0.0582. The molecule has 148 valence electrons. The minimum Gasteiger partial charge on any atom is -0.335 e. The zero-order valence-electron chi connectivity index (χ0n) is 16.5. The van der Waals surface area contributed by atoms with Gasteiger partial charge in [0.15, 0.2) is 0 Å². The zero-order valence-corrected chi connectivity index (χ0v) is 16.5. The monoisotopic (exact) mass is 389 g/mol. The molecule has 0 aliphatic carbocycles. The van der Waals surface area contributed by atoms with E-state index in [4.69, 9.17) is 0 Å². The highest BCUT2D eigenvalue weighted by Crippen LogP contribution is 2.25. The van der Waals surface area contributed by atoms with E-state index < -0.39 is 0 Å². The van der Waals surface area contributed by atoms with Crippen molar-refractivity contribution in [2.24, 2.45) is 0 Å². The van der Waals surface area contributed by atoms with Gasteiger partial charge >= 0.3 is 0 Å². The number of benzene rings is 2. The van der Waals surface area contributed by atoms with Gasteiger partial charge in [-0.15, -0.1) is 0 Å². The van der Waals surface area contributed by atoms with Gasteiger partial charge in [0.05, 0.1) is 11.7 Å². The summed E-state index contributed by atoms with van der Waals surface area (Å²) < 4.78 is 1.69. The first-order valence-corrected chi connectivity index (χ1v) is 9.67. The lowest BCUT2D eigenvalue weighted by molar-refractivity contribution is -0.117. The number of rotatable bonds is 5. The number of aromatic nitrogens is 3. The number of anilines is 1. The number of hydrogen-bond acceptors (Lipinski definition) is 4. The maximum Gasteiger partial charge on any atom is 0.254 e. The van der Waals surface area contributed by atoms with Crippen molar-refractivity contribution in [3.63, 3.8) is 0 Å². The zero-order chi connectivity index (χ0) is 20.4. The molecule has 3 aromatic rings. The summed E-state index contributed by atoms with van der Waals surface area (Å²) in [6.45, 7) is 2.74. The van der Waals surface area contributed by atoms with Crippen LogP contribution in [0.3, 0.4) is 0 Å². The topological polar surface area (TPSA) is 71.3 Å². The van der Waals surface area contributed by atoms with Crippen LogP contribution in [-0.4, -0.2) is 45.1 Å². The molecule has 4 rings (SSSR count). The van der Waals surface area contributed by atoms with Crippen LogP contribution in [0.15, 0.2) is 61.2 Å². The molecule has 29 heavy (non-hydrogen) atoms. The molecule has 1 atom stereocenters. The summed E-state index contributed by atoms with van der Waals surface area (Å²) in [5.74, 6) is 0.0845. The molecule has 1 fully saturated rings. The molecule has 1 aliphatic heterocycles. The Morgan fingerprint density at radius 2 is 1.76 bits per heavy atom. The Hall–Kier alpha value is -3.48. The van der Waals surface area contributed by atoms with Gasteiger partial charge in [-0.2, -0.15) is 5.10 Å². The molecular weight excluding hydrogens is 366 g/mol. The summed E-state index contributed by atoms with van der Waals surface area (Å²) in [6, 6.07) is 15.1. The van der Waals surface area contributed by atoms with Gasteiger partial charge in [-0.3, -0.25) is 9.59 Å². The van der Waals surface area contributed by atoms with Crippen molar-refractivity contribution >= 4 is 17.5 Å². The van der Waals surface area contributed by atoms with Crippen molar-refractivity contribution in [2.75, 3.05) is 18.5 Å². The summed E-state index contributed by atoms with van der Waals surface area (Å²) in [7, 11) is 1.80. The molecule has 1 aliphatic rings. The molecule has 2 heterocycles. The van der Waals surface area contributed by atoms with Crippen LogP contribution >= 0.6 is 0 Å². The smallest absolute Gasteiger partial charge is 0.254 e. The van der Waals surface area contributed by atoms with Gasteiger partial charge in [-0.1, -0.05) is 12.1 Å². The maximum absolute atomic E-state index is 12.9.